The van der Waals surface area contributed by atoms with Crippen LogP contribution in [-0.2, 0) is 11.3 Å². The van der Waals surface area contributed by atoms with Crippen molar-refractivity contribution in [2.24, 2.45) is 0 Å². The van der Waals surface area contributed by atoms with Crippen LogP contribution in [0.15, 0.2) is 71.7 Å². The molecule has 2 heterocycles. The molecular formula is C22H20FN3O2. The summed E-state index contributed by atoms with van der Waals surface area (Å²) in [7, 11) is 0. The molecule has 2 aromatic heterocycles. The molecular weight excluding hydrogens is 357 g/mol. The van der Waals surface area contributed by atoms with Gasteiger partial charge in [-0.15, -0.1) is 0 Å². The molecule has 1 atom stereocenters. The van der Waals surface area contributed by atoms with E-state index in [1.807, 2.05) is 37.3 Å². The van der Waals surface area contributed by atoms with Crippen LogP contribution in [0.2, 0.25) is 0 Å². The van der Waals surface area contributed by atoms with Gasteiger partial charge in [0, 0.05) is 12.7 Å². The van der Waals surface area contributed by atoms with Gasteiger partial charge in [0.25, 0.3) is 5.56 Å². The minimum absolute atomic E-state index is 0.143. The summed E-state index contributed by atoms with van der Waals surface area (Å²) in [6, 6.07) is 17.6. The van der Waals surface area contributed by atoms with Crippen molar-refractivity contribution < 1.29 is 9.18 Å². The number of nitrogens with zero attached hydrogens (tertiary/aromatic N) is 2. The molecule has 0 fully saturated rings. The number of rotatable bonds is 5. The highest BCUT2D eigenvalue weighted by Gasteiger charge is 2.15. The van der Waals surface area contributed by atoms with E-state index in [-0.39, 0.29) is 23.9 Å². The Morgan fingerprint density at radius 2 is 1.82 bits per heavy atom. The third-order valence-electron chi connectivity index (χ3n) is 4.98. The second kappa shape index (κ2) is 7.31. The first-order chi connectivity index (χ1) is 13.5. The number of carbonyl (C=O) groups excluding carboxylic acids is 1. The number of hydrogen-bond donors (Lipinski definition) is 1. The average Bonchev–Trinajstić information content (AvgIpc) is 3.20. The van der Waals surface area contributed by atoms with Crippen LogP contribution < -0.4 is 10.9 Å². The zero-order valence-electron chi connectivity index (χ0n) is 15.4. The fraction of sp³-hybridized carbons (Fsp3) is 0.182. The topological polar surface area (TPSA) is 55.5 Å². The van der Waals surface area contributed by atoms with Crippen molar-refractivity contribution in [3.63, 3.8) is 0 Å². The Kier molecular flexibility index (Phi) is 4.69. The number of carbonyl (C=O) groups is 1. The number of nitrogens with one attached hydrogen (secondary N) is 1. The summed E-state index contributed by atoms with van der Waals surface area (Å²) in [4.78, 5) is 25.4. The van der Waals surface area contributed by atoms with Gasteiger partial charge in [-0.1, -0.05) is 37.3 Å². The molecule has 0 saturated heterocycles. The van der Waals surface area contributed by atoms with Crippen LogP contribution in [0.25, 0.3) is 16.6 Å². The van der Waals surface area contributed by atoms with Crippen molar-refractivity contribution in [3.05, 3.63) is 88.6 Å². The summed E-state index contributed by atoms with van der Waals surface area (Å²) in [6.07, 6.45) is 1.75. The predicted octanol–water partition coefficient (Wildman–Crippen LogP) is 3.31. The van der Waals surface area contributed by atoms with Crippen LogP contribution in [0.4, 0.5) is 4.39 Å². The van der Waals surface area contributed by atoms with Crippen molar-refractivity contribution in [1.82, 2.24) is 14.3 Å². The number of benzene rings is 2. The highest BCUT2D eigenvalue weighted by Crippen LogP contribution is 2.17. The van der Waals surface area contributed by atoms with Crippen LogP contribution in [0, 0.1) is 5.82 Å². The highest BCUT2D eigenvalue weighted by atomic mass is 19.1. The van der Waals surface area contributed by atoms with E-state index in [1.165, 1.54) is 16.7 Å². The minimum Gasteiger partial charge on any atom is -0.354 e. The molecule has 0 saturated carbocycles. The van der Waals surface area contributed by atoms with E-state index in [1.54, 1.807) is 28.8 Å². The number of hydrogen-bond acceptors (Lipinski definition) is 2. The Labute approximate surface area is 161 Å². The first-order valence-electron chi connectivity index (χ1n) is 9.15. The highest BCUT2D eigenvalue weighted by molar-refractivity contribution is 5.82. The molecule has 0 aliphatic rings. The first kappa shape index (κ1) is 18.0. The van der Waals surface area contributed by atoms with Gasteiger partial charge in [-0.3, -0.25) is 14.2 Å². The number of fused-ring (bicyclic) bond motifs is 3. The van der Waals surface area contributed by atoms with E-state index in [9.17, 15) is 14.0 Å². The first-order valence-corrected chi connectivity index (χ1v) is 9.15. The molecule has 28 heavy (non-hydrogen) atoms. The largest absolute Gasteiger partial charge is 0.354 e. The third-order valence-corrected chi connectivity index (χ3v) is 4.98. The lowest BCUT2D eigenvalue weighted by Gasteiger charge is -2.15. The summed E-state index contributed by atoms with van der Waals surface area (Å²) >= 11 is 0. The monoisotopic (exact) mass is 377 g/mol. The van der Waals surface area contributed by atoms with Gasteiger partial charge >= 0.3 is 0 Å². The van der Waals surface area contributed by atoms with Gasteiger partial charge in [0.15, 0.2) is 0 Å². The quantitative estimate of drug-likeness (QED) is 0.580. The SMILES string of the molecule is C[C@H](CNC(=O)Cn1c(=O)c2cccn2c2ccc(F)cc21)c1ccccc1. The number of aromatic nitrogens is 2. The molecule has 0 aliphatic heterocycles. The summed E-state index contributed by atoms with van der Waals surface area (Å²) in [5.74, 6) is -0.596. The van der Waals surface area contributed by atoms with E-state index >= 15 is 0 Å². The molecule has 4 aromatic rings. The molecule has 5 nitrogen and oxygen atoms in total. The summed E-state index contributed by atoms with van der Waals surface area (Å²) < 4.78 is 16.9. The van der Waals surface area contributed by atoms with Gasteiger partial charge in [0.2, 0.25) is 5.91 Å². The molecule has 142 valence electrons. The van der Waals surface area contributed by atoms with Crippen molar-refractivity contribution in [2.45, 2.75) is 19.4 Å². The minimum atomic E-state index is -0.453. The van der Waals surface area contributed by atoms with Crippen LogP contribution in [0.1, 0.15) is 18.4 Å². The van der Waals surface area contributed by atoms with Gasteiger partial charge in [-0.25, -0.2) is 4.39 Å². The van der Waals surface area contributed by atoms with Crippen molar-refractivity contribution >= 4 is 22.5 Å². The summed E-state index contributed by atoms with van der Waals surface area (Å²) in [6.45, 7) is 2.32. The Balaban J connectivity index is 1.61. The Morgan fingerprint density at radius 1 is 1.04 bits per heavy atom. The van der Waals surface area contributed by atoms with Gasteiger partial charge in [0.1, 0.15) is 17.9 Å². The molecule has 0 radical (unpaired) electrons. The molecule has 0 spiro atoms. The fourth-order valence-corrected chi connectivity index (χ4v) is 3.45. The van der Waals surface area contributed by atoms with Crippen LogP contribution in [0.3, 0.4) is 0 Å². The van der Waals surface area contributed by atoms with Crippen molar-refractivity contribution in [3.8, 4) is 0 Å². The lowest BCUT2D eigenvalue weighted by molar-refractivity contribution is -0.121. The maximum Gasteiger partial charge on any atom is 0.275 e. The smallest absolute Gasteiger partial charge is 0.275 e. The molecule has 0 bridgehead atoms. The molecule has 4 rings (SSSR count). The van der Waals surface area contributed by atoms with Crippen LogP contribution >= 0.6 is 0 Å². The van der Waals surface area contributed by atoms with E-state index in [0.29, 0.717) is 23.1 Å². The van der Waals surface area contributed by atoms with Gasteiger partial charge in [-0.2, -0.15) is 0 Å². The number of halogens is 1. The zero-order chi connectivity index (χ0) is 19.7. The third kappa shape index (κ3) is 3.29. The lowest BCUT2D eigenvalue weighted by atomic mass is 10.0. The van der Waals surface area contributed by atoms with E-state index < -0.39 is 5.82 Å². The van der Waals surface area contributed by atoms with E-state index in [0.717, 1.165) is 5.56 Å². The second-order valence-electron chi connectivity index (χ2n) is 6.90. The normalized spacial score (nSPS) is 12.4. The van der Waals surface area contributed by atoms with Crippen molar-refractivity contribution in [2.75, 3.05) is 6.54 Å². The second-order valence-corrected chi connectivity index (χ2v) is 6.90. The number of amides is 1. The molecule has 1 N–H and O–H groups in total. The van der Waals surface area contributed by atoms with E-state index in [4.69, 9.17) is 0 Å². The average molecular weight is 377 g/mol. The Hall–Kier alpha value is -3.41. The van der Waals surface area contributed by atoms with Gasteiger partial charge in [0.05, 0.1) is 11.0 Å². The maximum absolute atomic E-state index is 13.8. The molecule has 0 aliphatic carbocycles. The lowest BCUT2D eigenvalue weighted by Crippen LogP contribution is -2.34. The van der Waals surface area contributed by atoms with Crippen molar-refractivity contribution in [1.29, 1.82) is 0 Å². The predicted molar refractivity (Wildman–Crippen MR) is 107 cm³/mol. The van der Waals surface area contributed by atoms with E-state index in [2.05, 4.69) is 5.32 Å². The Bertz CT molecular complexity index is 1210. The molecule has 6 heteroatoms. The Morgan fingerprint density at radius 3 is 2.61 bits per heavy atom. The van der Waals surface area contributed by atoms with Gasteiger partial charge in [-0.05, 0) is 41.8 Å². The summed E-state index contributed by atoms with van der Waals surface area (Å²) in [5.41, 5.74) is 2.31. The summed E-state index contributed by atoms with van der Waals surface area (Å²) in [5, 5.41) is 2.88. The van der Waals surface area contributed by atoms with Gasteiger partial charge < -0.3 is 9.72 Å². The molecule has 2 aromatic carbocycles. The fourth-order valence-electron chi connectivity index (χ4n) is 3.45. The zero-order valence-corrected chi connectivity index (χ0v) is 15.4. The standard InChI is InChI=1S/C22H20FN3O2/c1-15(16-6-3-2-4-7-16)13-24-21(27)14-26-20-12-17(23)9-10-18(20)25-11-5-8-19(25)22(26)28/h2-12,15H,13-14H2,1H3,(H,24,27)/t15-/m1/s1. The molecule has 1 amide bonds. The van der Waals surface area contributed by atoms with Crippen LogP contribution in [0.5, 0.6) is 0 Å². The maximum atomic E-state index is 13.8. The van der Waals surface area contributed by atoms with Crippen LogP contribution in [-0.4, -0.2) is 21.4 Å². The molecule has 0 unspecified atom stereocenters.